The Morgan fingerprint density at radius 2 is 1.70 bits per heavy atom. The fourth-order valence-corrected chi connectivity index (χ4v) is 2.54. The number of benzene rings is 2. The fourth-order valence-electron chi connectivity index (χ4n) is 2.36. The number of fused-ring (bicyclic) bond motifs is 1. The van der Waals surface area contributed by atoms with Gasteiger partial charge in [0.15, 0.2) is 0 Å². The number of halogens is 1. The van der Waals surface area contributed by atoms with E-state index in [1.54, 1.807) is 36.4 Å². The van der Waals surface area contributed by atoms with E-state index in [1.165, 1.54) is 6.07 Å². The monoisotopic (exact) mass is 329 g/mol. The van der Waals surface area contributed by atoms with Gasteiger partial charge in [0.05, 0.1) is 22.5 Å². The van der Waals surface area contributed by atoms with Gasteiger partial charge in [0.1, 0.15) is 6.54 Å². The van der Waals surface area contributed by atoms with Crippen molar-refractivity contribution in [1.29, 1.82) is 0 Å². The summed E-state index contributed by atoms with van der Waals surface area (Å²) in [6, 6.07) is 11.1. The maximum atomic E-state index is 12.2. The lowest BCUT2D eigenvalue weighted by Gasteiger charge is -2.14. The SMILES string of the molecule is Nc1cc(Cl)ccc1NC(=O)CN1C(=O)c2ccccc2C1=O. The van der Waals surface area contributed by atoms with Crippen molar-refractivity contribution in [3.63, 3.8) is 0 Å². The molecule has 0 aliphatic carbocycles. The number of carbonyl (C=O) groups is 3. The minimum atomic E-state index is -0.520. The van der Waals surface area contributed by atoms with Crippen molar-refractivity contribution < 1.29 is 14.4 Å². The summed E-state index contributed by atoms with van der Waals surface area (Å²) in [6.45, 7) is -0.381. The summed E-state index contributed by atoms with van der Waals surface area (Å²) in [6.07, 6.45) is 0. The van der Waals surface area contributed by atoms with Crippen molar-refractivity contribution in [1.82, 2.24) is 4.90 Å². The first-order valence-electron chi connectivity index (χ1n) is 6.77. The summed E-state index contributed by atoms with van der Waals surface area (Å²) in [5.41, 5.74) is 7.03. The predicted molar refractivity (Wildman–Crippen MR) is 86.3 cm³/mol. The van der Waals surface area contributed by atoms with Gasteiger partial charge in [-0.3, -0.25) is 19.3 Å². The summed E-state index contributed by atoms with van der Waals surface area (Å²) in [5.74, 6) is -1.48. The van der Waals surface area contributed by atoms with Crippen molar-refractivity contribution in [2.45, 2.75) is 0 Å². The summed E-state index contributed by atoms with van der Waals surface area (Å²) < 4.78 is 0. The average Bonchev–Trinajstić information content (AvgIpc) is 2.76. The topological polar surface area (TPSA) is 92.5 Å². The summed E-state index contributed by atoms with van der Waals surface area (Å²) in [4.78, 5) is 37.4. The van der Waals surface area contributed by atoms with Crippen LogP contribution in [0.2, 0.25) is 5.02 Å². The van der Waals surface area contributed by atoms with Crippen LogP contribution in [-0.4, -0.2) is 29.2 Å². The van der Waals surface area contributed by atoms with Crippen molar-refractivity contribution in [3.05, 3.63) is 58.6 Å². The maximum Gasteiger partial charge on any atom is 0.262 e. The number of carbonyl (C=O) groups excluding carboxylic acids is 3. The van der Waals surface area contributed by atoms with Crippen LogP contribution in [0.15, 0.2) is 42.5 Å². The largest absolute Gasteiger partial charge is 0.397 e. The zero-order valence-electron chi connectivity index (χ0n) is 11.9. The highest BCUT2D eigenvalue weighted by molar-refractivity contribution is 6.31. The number of imide groups is 1. The lowest BCUT2D eigenvalue weighted by molar-refractivity contribution is -0.116. The maximum absolute atomic E-state index is 12.2. The molecule has 1 heterocycles. The van der Waals surface area contributed by atoms with E-state index in [9.17, 15) is 14.4 Å². The van der Waals surface area contributed by atoms with Crippen LogP contribution in [0, 0.1) is 0 Å². The third-order valence-corrected chi connectivity index (χ3v) is 3.70. The zero-order valence-corrected chi connectivity index (χ0v) is 12.6. The lowest BCUT2D eigenvalue weighted by Crippen LogP contribution is -2.37. The van der Waals surface area contributed by atoms with Crippen LogP contribution in [0.5, 0.6) is 0 Å². The van der Waals surface area contributed by atoms with E-state index in [0.717, 1.165) is 4.90 Å². The summed E-state index contributed by atoms with van der Waals surface area (Å²) in [5, 5.41) is 3.01. The highest BCUT2D eigenvalue weighted by atomic mass is 35.5. The number of nitrogens with zero attached hydrogens (tertiary/aromatic N) is 1. The number of anilines is 2. The Morgan fingerprint density at radius 1 is 1.09 bits per heavy atom. The van der Waals surface area contributed by atoms with E-state index in [4.69, 9.17) is 17.3 Å². The molecule has 6 nitrogen and oxygen atoms in total. The first-order chi connectivity index (χ1) is 11.0. The molecule has 0 fully saturated rings. The second-order valence-corrected chi connectivity index (χ2v) is 5.46. The van der Waals surface area contributed by atoms with Crippen molar-refractivity contribution >= 4 is 40.7 Å². The number of amides is 3. The Morgan fingerprint density at radius 3 is 2.26 bits per heavy atom. The minimum Gasteiger partial charge on any atom is -0.397 e. The van der Waals surface area contributed by atoms with Crippen LogP contribution < -0.4 is 11.1 Å². The molecule has 0 atom stereocenters. The Balaban J connectivity index is 1.74. The average molecular weight is 330 g/mol. The molecule has 0 saturated carbocycles. The molecular weight excluding hydrogens is 318 g/mol. The Labute approximate surface area is 136 Å². The van der Waals surface area contributed by atoms with Gasteiger partial charge in [-0.15, -0.1) is 0 Å². The molecule has 23 heavy (non-hydrogen) atoms. The predicted octanol–water partition coefficient (Wildman–Crippen LogP) is 2.16. The van der Waals surface area contributed by atoms with Crippen LogP contribution in [-0.2, 0) is 4.79 Å². The number of hydrogen-bond acceptors (Lipinski definition) is 4. The first kappa shape index (κ1) is 15.1. The molecule has 0 aromatic heterocycles. The molecule has 7 heteroatoms. The van der Waals surface area contributed by atoms with Gasteiger partial charge < -0.3 is 11.1 Å². The second kappa shape index (κ2) is 5.73. The van der Waals surface area contributed by atoms with E-state index in [2.05, 4.69) is 5.32 Å². The van der Waals surface area contributed by atoms with Gasteiger partial charge in [-0.1, -0.05) is 23.7 Å². The molecule has 3 amide bonds. The molecule has 3 rings (SSSR count). The van der Waals surface area contributed by atoms with Gasteiger partial charge in [0, 0.05) is 5.02 Å². The van der Waals surface area contributed by atoms with Crippen molar-refractivity contribution in [2.24, 2.45) is 0 Å². The van der Waals surface area contributed by atoms with Gasteiger partial charge in [0.2, 0.25) is 5.91 Å². The highest BCUT2D eigenvalue weighted by Gasteiger charge is 2.36. The first-order valence-corrected chi connectivity index (χ1v) is 7.15. The van der Waals surface area contributed by atoms with Gasteiger partial charge in [0.25, 0.3) is 11.8 Å². The lowest BCUT2D eigenvalue weighted by atomic mass is 10.1. The zero-order chi connectivity index (χ0) is 16.6. The normalized spacial score (nSPS) is 13.2. The van der Waals surface area contributed by atoms with E-state index in [0.29, 0.717) is 27.5 Å². The molecule has 0 spiro atoms. The Hall–Kier alpha value is -2.86. The number of nitrogens with two attached hydrogens (primary N) is 1. The molecule has 116 valence electrons. The molecule has 0 radical (unpaired) electrons. The van der Waals surface area contributed by atoms with Gasteiger partial charge in [-0.25, -0.2) is 0 Å². The summed E-state index contributed by atoms with van der Waals surface area (Å²) >= 11 is 5.79. The molecule has 2 aromatic carbocycles. The van der Waals surface area contributed by atoms with E-state index in [1.807, 2.05) is 0 Å². The van der Waals surface area contributed by atoms with Crippen LogP contribution in [0.25, 0.3) is 0 Å². The summed E-state index contributed by atoms with van der Waals surface area (Å²) in [7, 11) is 0. The number of nitrogens with one attached hydrogen (secondary N) is 1. The standard InChI is InChI=1S/C16H12ClN3O3/c17-9-5-6-13(12(18)7-9)19-14(21)8-20-15(22)10-3-1-2-4-11(10)16(20)23/h1-7H,8,18H2,(H,19,21). The molecule has 1 aliphatic rings. The van der Waals surface area contributed by atoms with Crippen LogP contribution in [0.4, 0.5) is 11.4 Å². The second-order valence-electron chi connectivity index (χ2n) is 5.02. The molecule has 0 bridgehead atoms. The van der Waals surface area contributed by atoms with E-state index >= 15 is 0 Å². The molecule has 1 aliphatic heterocycles. The quantitative estimate of drug-likeness (QED) is 0.666. The van der Waals surface area contributed by atoms with Crippen molar-refractivity contribution in [3.8, 4) is 0 Å². The third kappa shape index (κ3) is 2.76. The molecule has 0 saturated heterocycles. The molecule has 0 unspecified atom stereocenters. The number of nitrogen functional groups attached to an aromatic ring is 1. The van der Waals surface area contributed by atoms with Gasteiger partial charge >= 0.3 is 0 Å². The van der Waals surface area contributed by atoms with Crippen LogP contribution in [0.3, 0.4) is 0 Å². The van der Waals surface area contributed by atoms with Crippen LogP contribution >= 0.6 is 11.6 Å². The van der Waals surface area contributed by atoms with Crippen molar-refractivity contribution in [2.75, 3.05) is 17.6 Å². The molecule has 3 N–H and O–H groups in total. The van der Waals surface area contributed by atoms with Gasteiger partial charge in [-0.2, -0.15) is 0 Å². The number of rotatable bonds is 3. The molecular formula is C16H12ClN3O3. The molecule has 2 aromatic rings. The van der Waals surface area contributed by atoms with E-state index in [-0.39, 0.29) is 6.54 Å². The van der Waals surface area contributed by atoms with Gasteiger partial charge in [-0.05, 0) is 30.3 Å². The highest BCUT2D eigenvalue weighted by Crippen LogP contribution is 2.24. The van der Waals surface area contributed by atoms with Crippen LogP contribution in [0.1, 0.15) is 20.7 Å². The fraction of sp³-hybridized carbons (Fsp3) is 0.0625. The Kier molecular flexibility index (Phi) is 3.75. The third-order valence-electron chi connectivity index (χ3n) is 3.47. The Bertz CT molecular complexity index is 800. The van der Waals surface area contributed by atoms with E-state index < -0.39 is 17.7 Å². The smallest absolute Gasteiger partial charge is 0.262 e. The minimum absolute atomic E-state index is 0.299. The number of hydrogen-bond donors (Lipinski definition) is 2.